The maximum absolute atomic E-state index is 12.8. The van der Waals surface area contributed by atoms with Gasteiger partial charge in [-0.3, -0.25) is 28.8 Å². The van der Waals surface area contributed by atoms with Crippen molar-refractivity contribution < 1.29 is 48.5 Å². The van der Waals surface area contributed by atoms with Crippen molar-refractivity contribution in [3.05, 3.63) is 0 Å². The molecular formula is C23H36N2O10S. The molecule has 1 heterocycles. The molecule has 2 atom stereocenters. The molecule has 1 saturated heterocycles. The van der Waals surface area contributed by atoms with Crippen molar-refractivity contribution in [2.24, 2.45) is 5.41 Å². The van der Waals surface area contributed by atoms with E-state index in [1.165, 1.54) is 0 Å². The Hall–Kier alpha value is -2.51. The van der Waals surface area contributed by atoms with Gasteiger partial charge in [0, 0.05) is 49.9 Å². The topological polar surface area (TPSA) is 185 Å². The molecule has 0 saturated carbocycles. The summed E-state index contributed by atoms with van der Waals surface area (Å²) in [5, 5.41) is 22.3. The lowest BCUT2D eigenvalue weighted by Gasteiger charge is -2.46. The molecule has 4 N–H and O–H groups in total. The molecule has 1 unspecified atom stereocenters. The Balaban J connectivity index is 2.32. The van der Waals surface area contributed by atoms with E-state index in [1.54, 1.807) is 6.92 Å². The first-order chi connectivity index (χ1) is 16.7. The number of rotatable bonds is 16. The van der Waals surface area contributed by atoms with Gasteiger partial charge in [-0.1, -0.05) is 25.6 Å². The van der Waals surface area contributed by atoms with Crippen LogP contribution in [0.15, 0.2) is 0 Å². The Bertz CT molecular complexity index is 832. The largest absolute Gasteiger partial charge is 0.481 e. The smallest absolute Gasteiger partial charge is 0.303 e. The van der Waals surface area contributed by atoms with Gasteiger partial charge in [0.05, 0.1) is 19.4 Å². The van der Waals surface area contributed by atoms with E-state index in [1.807, 2.05) is 13.8 Å². The number of ketones is 1. The lowest BCUT2D eigenvalue weighted by atomic mass is 9.85. The Kier molecular flexibility index (Phi) is 13.1. The summed E-state index contributed by atoms with van der Waals surface area (Å²) in [6.45, 7) is 5.82. The number of amides is 2. The number of nitrogens with one attached hydrogen (secondary N) is 2. The normalized spacial score (nSPS) is 20.8. The van der Waals surface area contributed by atoms with Crippen LogP contribution in [0.2, 0.25) is 0 Å². The van der Waals surface area contributed by atoms with E-state index < -0.39 is 40.9 Å². The van der Waals surface area contributed by atoms with Crippen molar-refractivity contribution in [2.75, 3.05) is 25.4 Å². The van der Waals surface area contributed by atoms with Gasteiger partial charge in [0.2, 0.25) is 11.8 Å². The van der Waals surface area contributed by atoms with Gasteiger partial charge in [-0.2, -0.15) is 0 Å². The highest BCUT2D eigenvalue weighted by atomic mass is 32.2. The maximum Gasteiger partial charge on any atom is 0.303 e. The van der Waals surface area contributed by atoms with Crippen LogP contribution >= 0.6 is 11.8 Å². The average molecular weight is 533 g/mol. The molecule has 12 nitrogen and oxygen atoms in total. The van der Waals surface area contributed by atoms with E-state index in [0.717, 1.165) is 11.8 Å². The standard InChI is InChI=1S/C23H36N2O10S/c1-22(2)14-34-23(3,9-4-5-17(28)29)35-20(22)21(33)25-10-8-16(27)24-11-12-36-19(32)13-15(26)6-7-18(30)31/h20H,4-14H2,1-3H3,(H,24,27)(H,25,33)(H,28,29)(H,30,31)/t20-,23?/m0/s1. The fraction of sp³-hybridized carbons (Fsp3) is 0.739. The summed E-state index contributed by atoms with van der Waals surface area (Å²) >= 11 is 0.883. The third-order valence-electron chi connectivity index (χ3n) is 5.38. The number of Topliss-reactive ketones (excluding diaryl/α,β-unsaturated/α-hetero) is 1. The maximum atomic E-state index is 12.8. The van der Waals surface area contributed by atoms with Crippen LogP contribution in [0.4, 0.5) is 0 Å². The molecule has 1 aliphatic rings. The highest BCUT2D eigenvalue weighted by Crippen LogP contribution is 2.37. The van der Waals surface area contributed by atoms with Crippen LogP contribution in [0.25, 0.3) is 0 Å². The summed E-state index contributed by atoms with van der Waals surface area (Å²) in [6.07, 6.45) is -1.06. The minimum absolute atomic E-state index is 0.0115. The number of hydrogen-bond acceptors (Lipinski definition) is 9. The Labute approximate surface area is 214 Å². The zero-order valence-electron chi connectivity index (χ0n) is 20.9. The van der Waals surface area contributed by atoms with Gasteiger partial charge in [-0.05, 0) is 13.3 Å². The SMILES string of the molecule is CC1(CCCC(=O)O)OCC(C)(C)[C@H](C(=O)NCCC(=O)NCCSC(=O)CC(=O)CCC(=O)O)O1. The number of carbonyl (C=O) groups excluding carboxylic acids is 4. The summed E-state index contributed by atoms with van der Waals surface area (Å²) in [7, 11) is 0. The number of ether oxygens (including phenoxy) is 2. The summed E-state index contributed by atoms with van der Waals surface area (Å²) in [5.41, 5.74) is -0.628. The number of carbonyl (C=O) groups is 6. The zero-order valence-corrected chi connectivity index (χ0v) is 21.7. The zero-order chi connectivity index (χ0) is 27.4. The molecule has 2 amide bonds. The van der Waals surface area contributed by atoms with Crippen molar-refractivity contribution >= 4 is 46.4 Å². The summed E-state index contributed by atoms with van der Waals surface area (Å²) in [5.74, 6) is -4.00. The molecule has 0 radical (unpaired) electrons. The van der Waals surface area contributed by atoms with E-state index in [0.29, 0.717) is 12.8 Å². The summed E-state index contributed by atoms with van der Waals surface area (Å²) in [4.78, 5) is 69.2. The average Bonchev–Trinajstić information content (AvgIpc) is 2.77. The molecule has 13 heteroatoms. The van der Waals surface area contributed by atoms with Crippen LogP contribution in [0.1, 0.15) is 65.7 Å². The Morgan fingerprint density at radius 2 is 1.58 bits per heavy atom. The van der Waals surface area contributed by atoms with Gasteiger partial charge < -0.3 is 30.3 Å². The lowest BCUT2D eigenvalue weighted by molar-refractivity contribution is -0.315. The molecule has 0 aromatic rings. The van der Waals surface area contributed by atoms with Crippen molar-refractivity contribution in [1.82, 2.24) is 10.6 Å². The van der Waals surface area contributed by atoms with Crippen LogP contribution in [-0.4, -0.2) is 82.2 Å². The molecule has 1 fully saturated rings. The van der Waals surface area contributed by atoms with E-state index >= 15 is 0 Å². The molecule has 204 valence electrons. The number of carboxylic acid groups (broad SMARTS) is 2. The van der Waals surface area contributed by atoms with Gasteiger partial charge in [0.25, 0.3) is 0 Å². The minimum atomic E-state index is -1.10. The van der Waals surface area contributed by atoms with E-state index in [-0.39, 0.29) is 68.6 Å². The third kappa shape index (κ3) is 12.5. The summed E-state index contributed by atoms with van der Waals surface area (Å²) in [6, 6.07) is 0. The molecule has 0 spiro atoms. The highest BCUT2D eigenvalue weighted by molar-refractivity contribution is 8.13. The van der Waals surface area contributed by atoms with E-state index in [9.17, 15) is 28.8 Å². The van der Waals surface area contributed by atoms with Crippen molar-refractivity contribution in [2.45, 2.75) is 77.6 Å². The van der Waals surface area contributed by atoms with Crippen molar-refractivity contribution in [3.8, 4) is 0 Å². The van der Waals surface area contributed by atoms with Crippen LogP contribution in [0.5, 0.6) is 0 Å². The van der Waals surface area contributed by atoms with Gasteiger partial charge in [-0.15, -0.1) is 0 Å². The summed E-state index contributed by atoms with van der Waals surface area (Å²) < 4.78 is 11.7. The Morgan fingerprint density at radius 1 is 0.917 bits per heavy atom. The number of aliphatic carboxylic acids is 2. The lowest BCUT2D eigenvalue weighted by Crippen LogP contribution is -2.57. The number of carboxylic acids is 2. The first-order valence-electron chi connectivity index (χ1n) is 11.7. The monoisotopic (exact) mass is 532 g/mol. The third-order valence-corrected chi connectivity index (χ3v) is 6.26. The predicted octanol–water partition coefficient (Wildman–Crippen LogP) is 1.11. The molecule has 0 aromatic heterocycles. The highest BCUT2D eigenvalue weighted by Gasteiger charge is 2.47. The molecule has 0 aliphatic carbocycles. The first kappa shape index (κ1) is 31.5. The fourth-order valence-corrected chi connectivity index (χ4v) is 4.03. The fourth-order valence-electron chi connectivity index (χ4n) is 3.34. The van der Waals surface area contributed by atoms with Crippen molar-refractivity contribution in [1.29, 1.82) is 0 Å². The second kappa shape index (κ2) is 14.9. The van der Waals surface area contributed by atoms with Crippen LogP contribution in [0.3, 0.4) is 0 Å². The molecule has 36 heavy (non-hydrogen) atoms. The van der Waals surface area contributed by atoms with Crippen LogP contribution in [0, 0.1) is 5.41 Å². The number of hydrogen-bond donors (Lipinski definition) is 4. The van der Waals surface area contributed by atoms with Crippen LogP contribution < -0.4 is 10.6 Å². The molecule has 0 aromatic carbocycles. The molecule has 1 rings (SSSR count). The number of thioether (sulfide) groups is 1. The second-order valence-corrected chi connectivity index (χ2v) is 10.5. The van der Waals surface area contributed by atoms with Gasteiger partial charge in [-0.25, -0.2) is 0 Å². The Morgan fingerprint density at radius 3 is 2.22 bits per heavy atom. The van der Waals surface area contributed by atoms with Crippen LogP contribution in [-0.2, 0) is 38.2 Å². The van der Waals surface area contributed by atoms with E-state index in [2.05, 4.69) is 10.6 Å². The van der Waals surface area contributed by atoms with Gasteiger partial charge in [0.15, 0.2) is 10.9 Å². The first-order valence-corrected chi connectivity index (χ1v) is 12.7. The molecule has 1 aliphatic heterocycles. The van der Waals surface area contributed by atoms with Crippen molar-refractivity contribution in [3.63, 3.8) is 0 Å². The van der Waals surface area contributed by atoms with Gasteiger partial charge in [0.1, 0.15) is 11.9 Å². The quantitative estimate of drug-likeness (QED) is 0.165. The minimum Gasteiger partial charge on any atom is -0.481 e. The second-order valence-electron chi connectivity index (χ2n) is 9.38. The molecular weight excluding hydrogens is 496 g/mol. The van der Waals surface area contributed by atoms with Gasteiger partial charge >= 0.3 is 11.9 Å². The predicted molar refractivity (Wildman–Crippen MR) is 129 cm³/mol. The van der Waals surface area contributed by atoms with E-state index in [4.69, 9.17) is 19.7 Å². The molecule has 0 bridgehead atoms.